The van der Waals surface area contributed by atoms with Gasteiger partial charge in [0.2, 0.25) is 0 Å². The van der Waals surface area contributed by atoms with Crippen LogP contribution in [0.3, 0.4) is 0 Å². The quantitative estimate of drug-likeness (QED) is 0.827. The highest BCUT2D eigenvalue weighted by Crippen LogP contribution is 2.36. The number of halogens is 1. The van der Waals surface area contributed by atoms with Crippen LogP contribution in [0.4, 0.5) is 0 Å². The number of hydrogen-bond acceptors (Lipinski definition) is 5. The molecule has 0 spiro atoms. The van der Waals surface area contributed by atoms with Gasteiger partial charge in [-0.1, -0.05) is 29.3 Å². The van der Waals surface area contributed by atoms with Gasteiger partial charge in [0, 0.05) is 6.54 Å². The molecule has 0 aliphatic carbocycles. The number of aliphatic hydroxyl groups excluding tert-OH is 1. The molecule has 150 valence electrons. The average molecular weight is 406 g/mol. The maximum Gasteiger partial charge on any atom is 0.256 e. The first-order valence-electron chi connectivity index (χ1n) is 9.01. The molecule has 0 bridgehead atoms. The van der Waals surface area contributed by atoms with Crippen LogP contribution in [-0.2, 0) is 4.74 Å². The Bertz CT molecular complexity index is 857. The molecule has 1 fully saturated rings. The first-order valence-corrected chi connectivity index (χ1v) is 9.39. The standard InChI is InChI=1S/C21H24ClNO5/c1-13-4-6-16(22)15(10-13)21(25)23-8-9-28-19(12-24)20(23)14-5-7-17(26-2)18(11-14)27-3/h4-7,10-11,19-20,24H,8-9,12H2,1-3H3. The van der Waals surface area contributed by atoms with Crippen LogP contribution >= 0.6 is 11.6 Å². The van der Waals surface area contributed by atoms with E-state index in [1.807, 2.05) is 19.1 Å². The van der Waals surface area contributed by atoms with Crippen LogP contribution in [-0.4, -0.2) is 56.0 Å². The second kappa shape index (κ2) is 8.82. The molecule has 1 amide bonds. The minimum Gasteiger partial charge on any atom is -0.493 e. The van der Waals surface area contributed by atoms with Crippen molar-refractivity contribution in [2.24, 2.45) is 0 Å². The molecule has 0 saturated carbocycles. The third-order valence-electron chi connectivity index (χ3n) is 4.89. The molecule has 0 aromatic heterocycles. The van der Waals surface area contributed by atoms with Crippen LogP contribution in [0.2, 0.25) is 5.02 Å². The van der Waals surface area contributed by atoms with E-state index in [2.05, 4.69) is 0 Å². The van der Waals surface area contributed by atoms with Crippen molar-refractivity contribution in [3.05, 3.63) is 58.1 Å². The fraction of sp³-hybridized carbons (Fsp3) is 0.381. The van der Waals surface area contributed by atoms with Crippen molar-refractivity contribution in [3.63, 3.8) is 0 Å². The van der Waals surface area contributed by atoms with Crippen LogP contribution in [0.1, 0.15) is 27.5 Å². The largest absolute Gasteiger partial charge is 0.493 e. The Morgan fingerprint density at radius 3 is 2.64 bits per heavy atom. The number of nitrogens with zero attached hydrogens (tertiary/aromatic N) is 1. The number of hydrogen-bond donors (Lipinski definition) is 1. The average Bonchev–Trinajstić information content (AvgIpc) is 2.73. The van der Waals surface area contributed by atoms with Crippen molar-refractivity contribution < 1.29 is 24.1 Å². The minimum atomic E-state index is -0.556. The molecular formula is C21H24ClNO5. The van der Waals surface area contributed by atoms with Gasteiger partial charge in [0.05, 0.1) is 44.1 Å². The topological polar surface area (TPSA) is 68.2 Å². The monoisotopic (exact) mass is 405 g/mol. The third-order valence-corrected chi connectivity index (χ3v) is 5.22. The second-order valence-electron chi connectivity index (χ2n) is 6.63. The van der Waals surface area contributed by atoms with Crippen LogP contribution in [0.25, 0.3) is 0 Å². The lowest BCUT2D eigenvalue weighted by Gasteiger charge is -2.41. The molecule has 1 aliphatic rings. The van der Waals surface area contributed by atoms with Gasteiger partial charge in [-0.05, 0) is 36.8 Å². The number of methoxy groups -OCH3 is 2. The summed E-state index contributed by atoms with van der Waals surface area (Å²) in [4.78, 5) is 15.0. The van der Waals surface area contributed by atoms with E-state index in [0.29, 0.717) is 35.2 Å². The van der Waals surface area contributed by atoms with Crippen molar-refractivity contribution in [2.75, 3.05) is 34.0 Å². The highest BCUT2D eigenvalue weighted by molar-refractivity contribution is 6.33. The zero-order valence-corrected chi connectivity index (χ0v) is 16.9. The van der Waals surface area contributed by atoms with E-state index < -0.39 is 12.1 Å². The summed E-state index contributed by atoms with van der Waals surface area (Å²) >= 11 is 6.30. The number of aliphatic hydroxyl groups is 1. The van der Waals surface area contributed by atoms with E-state index in [1.165, 1.54) is 0 Å². The molecular weight excluding hydrogens is 382 g/mol. The lowest BCUT2D eigenvalue weighted by atomic mass is 9.96. The molecule has 3 rings (SSSR count). The Hall–Kier alpha value is -2.28. The van der Waals surface area contributed by atoms with Gasteiger partial charge in [-0.3, -0.25) is 4.79 Å². The van der Waals surface area contributed by atoms with Crippen molar-refractivity contribution in [3.8, 4) is 11.5 Å². The molecule has 7 heteroatoms. The van der Waals surface area contributed by atoms with Crippen molar-refractivity contribution in [1.29, 1.82) is 0 Å². The first kappa shape index (κ1) is 20.5. The third kappa shape index (κ3) is 3.94. The van der Waals surface area contributed by atoms with Gasteiger partial charge in [0.1, 0.15) is 6.10 Å². The number of ether oxygens (including phenoxy) is 3. The highest BCUT2D eigenvalue weighted by atomic mass is 35.5. The maximum atomic E-state index is 13.3. The Morgan fingerprint density at radius 1 is 1.21 bits per heavy atom. The highest BCUT2D eigenvalue weighted by Gasteiger charge is 2.37. The van der Waals surface area contributed by atoms with Crippen LogP contribution in [0.5, 0.6) is 11.5 Å². The normalized spacial score (nSPS) is 19.4. The molecule has 2 aromatic carbocycles. The van der Waals surface area contributed by atoms with Crippen LogP contribution in [0.15, 0.2) is 36.4 Å². The van der Waals surface area contributed by atoms with Gasteiger partial charge in [-0.15, -0.1) is 0 Å². The number of rotatable bonds is 5. The number of carbonyl (C=O) groups excluding carboxylic acids is 1. The van der Waals surface area contributed by atoms with Crippen molar-refractivity contribution >= 4 is 17.5 Å². The molecule has 2 unspecified atom stereocenters. The molecule has 1 N–H and O–H groups in total. The number of amides is 1. The molecule has 1 heterocycles. The molecule has 2 aromatic rings. The lowest BCUT2D eigenvalue weighted by Crippen LogP contribution is -2.49. The summed E-state index contributed by atoms with van der Waals surface area (Å²) in [5.41, 5.74) is 2.17. The van der Waals surface area contributed by atoms with Gasteiger partial charge >= 0.3 is 0 Å². The number of carbonyl (C=O) groups is 1. The van der Waals surface area contributed by atoms with E-state index in [9.17, 15) is 9.90 Å². The van der Waals surface area contributed by atoms with E-state index in [1.54, 1.807) is 43.4 Å². The lowest BCUT2D eigenvalue weighted by molar-refractivity contribution is -0.0811. The molecule has 28 heavy (non-hydrogen) atoms. The fourth-order valence-electron chi connectivity index (χ4n) is 3.50. The maximum absolute atomic E-state index is 13.3. The van der Waals surface area contributed by atoms with Gasteiger partial charge in [-0.2, -0.15) is 0 Å². The Morgan fingerprint density at radius 2 is 1.96 bits per heavy atom. The SMILES string of the molecule is COc1ccc(C2C(CO)OCCN2C(=O)c2cc(C)ccc2Cl)cc1OC. The second-order valence-corrected chi connectivity index (χ2v) is 7.04. The zero-order chi connectivity index (χ0) is 20.3. The van der Waals surface area contributed by atoms with Crippen molar-refractivity contribution in [2.45, 2.75) is 19.1 Å². The van der Waals surface area contributed by atoms with Crippen molar-refractivity contribution in [1.82, 2.24) is 4.90 Å². The minimum absolute atomic E-state index is 0.199. The number of morpholine rings is 1. The van der Waals surface area contributed by atoms with Gasteiger partial charge < -0.3 is 24.2 Å². The summed E-state index contributed by atoms with van der Waals surface area (Å²) in [5, 5.41) is 10.3. The predicted octanol–water partition coefficient (Wildman–Crippen LogP) is 3.24. The Balaban J connectivity index is 2.04. The van der Waals surface area contributed by atoms with Gasteiger partial charge in [-0.25, -0.2) is 0 Å². The smallest absolute Gasteiger partial charge is 0.256 e. The summed E-state index contributed by atoms with van der Waals surface area (Å²) in [5.74, 6) is 0.932. The van der Waals surface area contributed by atoms with E-state index in [0.717, 1.165) is 11.1 Å². The molecule has 2 atom stereocenters. The van der Waals surface area contributed by atoms with E-state index in [4.69, 9.17) is 25.8 Å². The summed E-state index contributed by atoms with van der Waals surface area (Å²) < 4.78 is 16.4. The molecule has 1 saturated heterocycles. The van der Waals surface area contributed by atoms with Crippen LogP contribution in [0, 0.1) is 6.92 Å². The summed E-state index contributed by atoms with van der Waals surface area (Å²) in [6.07, 6.45) is -0.556. The van der Waals surface area contributed by atoms with Crippen LogP contribution < -0.4 is 9.47 Å². The van der Waals surface area contributed by atoms with Gasteiger partial charge in [0.15, 0.2) is 11.5 Å². The zero-order valence-electron chi connectivity index (χ0n) is 16.1. The summed E-state index contributed by atoms with van der Waals surface area (Å²) in [6.45, 7) is 2.42. The fourth-order valence-corrected chi connectivity index (χ4v) is 3.70. The van der Waals surface area contributed by atoms with E-state index in [-0.39, 0.29) is 12.5 Å². The Labute approximate surface area is 169 Å². The summed E-state index contributed by atoms with van der Waals surface area (Å²) in [7, 11) is 3.12. The molecule has 1 aliphatic heterocycles. The number of benzene rings is 2. The predicted molar refractivity (Wildman–Crippen MR) is 106 cm³/mol. The molecule has 0 radical (unpaired) electrons. The van der Waals surface area contributed by atoms with Gasteiger partial charge in [0.25, 0.3) is 5.91 Å². The first-order chi connectivity index (χ1) is 13.5. The molecule has 6 nitrogen and oxygen atoms in total. The number of aryl methyl sites for hydroxylation is 1. The summed E-state index contributed by atoms with van der Waals surface area (Å²) in [6, 6.07) is 10.3. The van der Waals surface area contributed by atoms with E-state index >= 15 is 0 Å². The Kier molecular flexibility index (Phi) is 6.44.